The molecule has 3 amide bonds. The molecule has 6 rings (SSSR count). The number of hydrogen-bond donors (Lipinski definition) is 3. The molecule has 1 aromatic heterocycles. The molecular formula is C39H49N7O7. The van der Waals surface area contributed by atoms with Crippen LogP contribution in [0.25, 0.3) is 11.1 Å². The number of rotatable bonds is 16. The number of fused-ring (bicyclic) bond motifs is 1. The van der Waals surface area contributed by atoms with E-state index >= 15 is 0 Å². The predicted octanol–water partition coefficient (Wildman–Crippen LogP) is 2.50. The zero-order chi connectivity index (χ0) is 37.3. The van der Waals surface area contributed by atoms with Crippen LogP contribution >= 0.6 is 0 Å². The molecule has 1 atom stereocenters. The fourth-order valence-electron chi connectivity index (χ4n) is 7.06. The van der Waals surface area contributed by atoms with Crippen LogP contribution in [0.5, 0.6) is 11.5 Å². The van der Waals surface area contributed by atoms with Crippen molar-refractivity contribution in [3.63, 3.8) is 0 Å². The molecule has 14 nitrogen and oxygen atoms in total. The highest BCUT2D eigenvalue weighted by Gasteiger charge is 2.26. The third-order valence-corrected chi connectivity index (χ3v) is 10.0. The highest BCUT2D eigenvalue weighted by atomic mass is 16.5. The Labute approximate surface area is 309 Å². The molecule has 0 radical (unpaired) electrons. The van der Waals surface area contributed by atoms with Crippen LogP contribution in [0, 0.1) is 0 Å². The number of aromatic nitrogens is 1. The minimum atomic E-state index is -0.393. The fourth-order valence-corrected chi connectivity index (χ4v) is 7.06. The summed E-state index contributed by atoms with van der Waals surface area (Å²) in [4.78, 5) is 57.6. The van der Waals surface area contributed by atoms with E-state index in [2.05, 4.69) is 42.9 Å². The second-order valence-corrected chi connectivity index (χ2v) is 13.5. The number of methoxy groups -OCH3 is 2. The van der Waals surface area contributed by atoms with Crippen molar-refractivity contribution < 1.29 is 28.6 Å². The van der Waals surface area contributed by atoms with Gasteiger partial charge in [-0.25, -0.2) is 0 Å². The highest BCUT2D eigenvalue weighted by Crippen LogP contribution is 2.37. The summed E-state index contributed by atoms with van der Waals surface area (Å²) in [6.45, 7) is 6.39. The number of ether oxygens (including phenoxy) is 3. The molecule has 53 heavy (non-hydrogen) atoms. The van der Waals surface area contributed by atoms with Crippen molar-refractivity contribution >= 4 is 35.3 Å². The number of piperidine rings is 1. The Morgan fingerprint density at radius 1 is 1.00 bits per heavy atom. The van der Waals surface area contributed by atoms with E-state index in [0.717, 1.165) is 66.4 Å². The standard InChI is InChI=1S/C39H49N7O7/c1-44-25-32(30-23-40-24-31(30)39(44)50)26-21-34(51-2)29(35(22-26)52-3)5-4-6-36(47)41-13-19-53-20-18-45-14-16-46(17-15-45)28-9-7-27(8-10-28)42-33-11-12-37(48)43-38(33)49/h7-10,21-23,25,33,42H,4-6,11-20,24H2,1-3H3,(H,41,47)(H,43,48,49). The Hall–Kier alpha value is -5.21. The summed E-state index contributed by atoms with van der Waals surface area (Å²) in [7, 11) is 4.98. The largest absolute Gasteiger partial charge is 0.496 e. The van der Waals surface area contributed by atoms with Gasteiger partial charge in [0.2, 0.25) is 17.7 Å². The summed E-state index contributed by atoms with van der Waals surface area (Å²) < 4.78 is 18.9. The number of amides is 3. The molecule has 3 aliphatic rings. The number of aliphatic imine (C=N–C) groups is 1. The number of aryl methyl sites for hydroxylation is 1. The molecule has 3 aromatic rings. The van der Waals surface area contributed by atoms with Gasteiger partial charge in [0.05, 0.1) is 34.0 Å². The van der Waals surface area contributed by atoms with Crippen LogP contribution in [-0.2, 0) is 39.1 Å². The maximum Gasteiger partial charge on any atom is 0.256 e. The molecular weight excluding hydrogens is 678 g/mol. The van der Waals surface area contributed by atoms with Gasteiger partial charge >= 0.3 is 0 Å². The predicted molar refractivity (Wildman–Crippen MR) is 203 cm³/mol. The quantitative estimate of drug-likeness (QED) is 0.148. The average molecular weight is 728 g/mol. The number of carbonyl (C=O) groups excluding carboxylic acids is 3. The summed E-state index contributed by atoms with van der Waals surface area (Å²) in [5.74, 6) is 0.817. The Bertz CT molecular complexity index is 1860. The Kier molecular flexibility index (Phi) is 12.4. The van der Waals surface area contributed by atoms with E-state index in [9.17, 15) is 19.2 Å². The molecule has 2 aromatic carbocycles. The normalized spacial score (nSPS) is 17.0. The molecule has 4 heterocycles. The molecule has 3 aliphatic heterocycles. The smallest absolute Gasteiger partial charge is 0.256 e. The first kappa shape index (κ1) is 37.5. The molecule has 2 saturated heterocycles. The first-order valence-electron chi connectivity index (χ1n) is 18.2. The number of carbonyl (C=O) groups is 3. The maximum absolute atomic E-state index is 12.6. The fraction of sp³-hybridized carbons (Fsp3) is 0.462. The monoisotopic (exact) mass is 727 g/mol. The lowest BCUT2D eigenvalue weighted by Crippen LogP contribution is -2.47. The third-order valence-electron chi connectivity index (χ3n) is 10.0. The zero-order valence-corrected chi connectivity index (χ0v) is 30.7. The van der Waals surface area contributed by atoms with E-state index < -0.39 is 6.04 Å². The molecule has 0 saturated carbocycles. The number of pyridine rings is 1. The molecule has 0 bridgehead atoms. The van der Waals surface area contributed by atoms with Gasteiger partial charge in [0.1, 0.15) is 17.5 Å². The van der Waals surface area contributed by atoms with E-state index in [1.165, 1.54) is 0 Å². The minimum absolute atomic E-state index is 0.0286. The molecule has 282 valence electrons. The third kappa shape index (κ3) is 9.24. The van der Waals surface area contributed by atoms with Crippen LogP contribution < -0.4 is 35.9 Å². The molecule has 2 fully saturated rings. The van der Waals surface area contributed by atoms with Crippen LogP contribution in [0.1, 0.15) is 42.4 Å². The first-order chi connectivity index (χ1) is 25.7. The van der Waals surface area contributed by atoms with Crippen LogP contribution in [0.4, 0.5) is 11.4 Å². The van der Waals surface area contributed by atoms with Crippen molar-refractivity contribution in [2.45, 2.75) is 44.7 Å². The van der Waals surface area contributed by atoms with E-state index in [1.54, 1.807) is 32.0 Å². The maximum atomic E-state index is 12.6. The summed E-state index contributed by atoms with van der Waals surface area (Å²) in [6, 6.07) is 11.6. The number of imide groups is 1. The van der Waals surface area contributed by atoms with Gasteiger partial charge < -0.3 is 34.3 Å². The number of piperazine rings is 1. The highest BCUT2D eigenvalue weighted by molar-refractivity contribution is 6.01. The minimum Gasteiger partial charge on any atom is -0.496 e. The molecule has 1 unspecified atom stereocenters. The lowest BCUT2D eigenvalue weighted by molar-refractivity contribution is -0.133. The van der Waals surface area contributed by atoms with Crippen molar-refractivity contribution in [2.24, 2.45) is 12.0 Å². The summed E-state index contributed by atoms with van der Waals surface area (Å²) in [5.41, 5.74) is 6.11. The van der Waals surface area contributed by atoms with Crippen molar-refractivity contribution in [3.05, 3.63) is 69.6 Å². The van der Waals surface area contributed by atoms with Crippen molar-refractivity contribution in [1.82, 2.24) is 20.1 Å². The second kappa shape index (κ2) is 17.5. The van der Waals surface area contributed by atoms with Gasteiger partial charge in [0.15, 0.2) is 0 Å². The van der Waals surface area contributed by atoms with E-state index in [4.69, 9.17) is 14.2 Å². The lowest BCUT2D eigenvalue weighted by atomic mass is 9.96. The number of anilines is 2. The van der Waals surface area contributed by atoms with Gasteiger partial charge in [-0.05, 0) is 61.2 Å². The van der Waals surface area contributed by atoms with Gasteiger partial charge in [-0.2, -0.15) is 0 Å². The average Bonchev–Trinajstić information content (AvgIpc) is 3.67. The van der Waals surface area contributed by atoms with Gasteiger partial charge in [0, 0.05) is 105 Å². The zero-order valence-electron chi connectivity index (χ0n) is 30.7. The lowest BCUT2D eigenvalue weighted by Gasteiger charge is -2.36. The van der Waals surface area contributed by atoms with E-state index in [0.29, 0.717) is 75.5 Å². The van der Waals surface area contributed by atoms with Gasteiger partial charge in [0.25, 0.3) is 5.56 Å². The summed E-state index contributed by atoms with van der Waals surface area (Å²) in [6.07, 6.45) is 6.00. The van der Waals surface area contributed by atoms with Crippen LogP contribution in [-0.4, -0.2) is 106 Å². The van der Waals surface area contributed by atoms with Gasteiger partial charge in [-0.3, -0.25) is 34.4 Å². The van der Waals surface area contributed by atoms with E-state index in [1.807, 2.05) is 30.5 Å². The van der Waals surface area contributed by atoms with Crippen LogP contribution in [0.15, 0.2) is 52.4 Å². The molecule has 14 heteroatoms. The van der Waals surface area contributed by atoms with Crippen LogP contribution in [0.3, 0.4) is 0 Å². The van der Waals surface area contributed by atoms with Crippen molar-refractivity contribution in [3.8, 4) is 22.6 Å². The SMILES string of the molecule is COc1cc(-c2cn(C)c(=O)c3c2C=NC3)cc(OC)c1CCCC(=O)NCCOCCN1CCN(c2ccc(NC3CCC(=O)NC3=O)cc2)CC1. The molecule has 3 N–H and O–H groups in total. The number of nitrogens with one attached hydrogen (secondary N) is 3. The Morgan fingerprint density at radius 2 is 1.74 bits per heavy atom. The van der Waals surface area contributed by atoms with E-state index in [-0.39, 0.29) is 23.3 Å². The van der Waals surface area contributed by atoms with Gasteiger partial charge in [-0.1, -0.05) is 0 Å². The molecule has 0 aliphatic carbocycles. The topological polar surface area (TPSA) is 156 Å². The second-order valence-electron chi connectivity index (χ2n) is 13.5. The Balaban J connectivity index is 0.866. The van der Waals surface area contributed by atoms with Crippen molar-refractivity contribution in [2.75, 3.05) is 76.9 Å². The van der Waals surface area contributed by atoms with Crippen LogP contribution in [0.2, 0.25) is 0 Å². The summed E-state index contributed by atoms with van der Waals surface area (Å²) in [5, 5.41) is 8.56. The van der Waals surface area contributed by atoms with Crippen molar-refractivity contribution in [1.29, 1.82) is 0 Å². The number of benzene rings is 2. The Morgan fingerprint density at radius 3 is 2.43 bits per heavy atom. The molecule has 0 spiro atoms. The summed E-state index contributed by atoms with van der Waals surface area (Å²) >= 11 is 0. The first-order valence-corrected chi connectivity index (χ1v) is 18.2. The van der Waals surface area contributed by atoms with Gasteiger partial charge in [-0.15, -0.1) is 0 Å². The number of nitrogens with zero attached hydrogens (tertiary/aromatic N) is 4. The number of hydrogen-bond acceptors (Lipinski definition) is 11.